The van der Waals surface area contributed by atoms with Crippen LogP contribution >= 0.6 is 24.8 Å². The lowest BCUT2D eigenvalue weighted by molar-refractivity contribution is -0.126. The zero-order chi connectivity index (χ0) is 13.7. The highest BCUT2D eigenvalue weighted by Gasteiger charge is 2.25. The monoisotopic (exact) mass is 341 g/mol. The van der Waals surface area contributed by atoms with Crippen LogP contribution in [0, 0.1) is 11.8 Å². The first-order chi connectivity index (χ1) is 9.15. The summed E-state index contributed by atoms with van der Waals surface area (Å²) in [6.45, 7) is 10.7. The van der Waals surface area contributed by atoms with Crippen molar-refractivity contribution in [3.05, 3.63) is 0 Å². The molecule has 0 aromatic heterocycles. The highest BCUT2D eigenvalue weighted by Crippen LogP contribution is 2.16. The SMILES string of the molecule is CC(C)CN1CCC(CNC(=O)C2COCCN2)C1.Cl.Cl. The van der Waals surface area contributed by atoms with Crippen LogP contribution in [0.3, 0.4) is 0 Å². The molecule has 0 saturated carbocycles. The molecule has 2 fully saturated rings. The average Bonchev–Trinajstić information content (AvgIpc) is 2.84. The largest absolute Gasteiger partial charge is 0.378 e. The first-order valence-electron chi connectivity index (χ1n) is 7.46. The fraction of sp³-hybridized carbons (Fsp3) is 0.929. The predicted octanol–water partition coefficient (Wildman–Crippen LogP) is 0.912. The van der Waals surface area contributed by atoms with Crippen LogP contribution in [0.4, 0.5) is 0 Å². The average molecular weight is 342 g/mol. The normalized spacial score (nSPS) is 26.0. The number of nitrogens with one attached hydrogen (secondary N) is 2. The molecule has 0 aliphatic carbocycles. The van der Waals surface area contributed by atoms with Crippen LogP contribution < -0.4 is 10.6 Å². The van der Waals surface area contributed by atoms with Gasteiger partial charge in [0.1, 0.15) is 6.04 Å². The quantitative estimate of drug-likeness (QED) is 0.780. The molecule has 0 spiro atoms. The summed E-state index contributed by atoms with van der Waals surface area (Å²) in [6, 6.07) is -0.165. The van der Waals surface area contributed by atoms with Crippen LogP contribution in [0.5, 0.6) is 0 Å². The van der Waals surface area contributed by atoms with E-state index in [1.807, 2.05) is 0 Å². The highest BCUT2D eigenvalue weighted by atomic mass is 35.5. The summed E-state index contributed by atoms with van der Waals surface area (Å²) in [6.07, 6.45) is 1.20. The van der Waals surface area contributed by atoms with Gasteiger partial charge in [0.05, 0.1) is 13.2 Å². The van der Waals surface area contributed by atoms with Gasteiger partial charge in [0.25, 0.3) is 0 Å². The van der Waals surface area contributed by atoms with Gasteiger partial charge in [0.2, 0.25) is 5.91 Å². The van der Waals surface area contributed by atoms with Gasteiger partial charge in [0, 0.05) is 26.2 Å². The van der Waals surface area contributed by atoms with Gasteiger partial charge < -0.3 is 20.3 Å². The number of morpholine rings is 1. The van der Waals surface area contributed by atoms with Crippen molar-refractivity contribution in [3.8, 4) is 0 Å². The van der Waals surface area contributed by atoms with E-state index in [2.05, 4.69) is 29.4 Å². The van der Waals surface area contributed by atoms with Gasteiger partial charge in [0.15, 0.2) is 0 Å². The van der Waals surface area contributed by atoms with Crippen molar-refractivity contribution >= 4 is 30.7 Å². The summed E-state index contributed by atoms with van der Waals surface area (Å²) < 4.78 is 5.30. The minimum absolute atomic E-state index is 0. The van der Waals surface area contributed by atoms with Crippen LogP contribution in [0.15, 0.2) is 0 Å². The maximum Gasteiger partial charge on any atom is 0.239 e. The summed E-state index contributed by atoms with van der Waals surface area (Å²) in [4.78, 5) is 14.5. The van der Waals surface area contributed by atoms with E-state index in [0.29, 0.717) is 19.1 Å². The number of hydrogen-bond donors (Lipinski definition) is 2. The Morgan fingerprint density at radius 1 is 1.43 bits per heavy atom. The van der Waals surface area contributed by atoms with Gasteiger partial charge in [-0.05, 0) is 24.8 Å². The minimum Gasteiger partial charge on any atom is -0.378 e. The number of halogens is 2. The molecular weight excluding hydrogens is 313 g/mol. The van der Waals surface area contributed by atoms with Gasteiger partial charge in [-0.2, -0.15) is 0 Å². The molecule has 2 N–H and O–H groups in total. The molecule has 2 heterocycles. The van der Waals surface area contributed by atoms with E-state index < -0.39 is 0 Å². The van der Waals surface area contributed by atoms with E-state index in [0.717, 1.165) is 25.6 Å². The van der Waals surface area contributed by atoms with Crippen LogP contribution in [-0.2, 0) is 9.53 Å². The number of rotatable bonds is 5. The number of nitrogens with zero attached hydrogens (tertiary/aromatic N) is 1. The molecule has 2 saturated heterocycles. The lowest BCUT2D eigenvalue weighted by Crippen LogP contribution is -2.52. The van der Waals surface area contributed by atoms with Crippen LogP contribution in [0.25, 0.3) is 0 Å². The fourth-order valence-electron chi connectivity index (χ4n) is 2.86. The van der Waals surface area contributed by atoms with Crippen molar-refractivity contribution in [1.82, 2.24) is 15.5 Å². The zero-order valence-electron chi connectivity index (χ0n) is 13.0. The van der Waals surface area contributed by atoms with E-state index in [4.69, 9.17) is 4.74 Å². The second kappa shape index (κ2) is 10.6. The Labute approximate surface area is 140 Å². The van der Waals surface area contributed by atoms with E-state index >= 15 is 0 Å². The van der Waals surface area contributed by atoms with Crippen LogP contribution in [0.1, 0.15) is 20.3 Å². The zero-order valence-corrected chi connectivity index (χ0v) is 14.6. The summed E-state index contributed by atoms with van der Waals surface area (Å²) in [5.41, 5.74) is 0. The maximum absolute atomic E-state index is 11.9. The molecular formula is C14H29Cl2N3O2. The molecule has 5 nitrogen and oxygen atoms in total. The number of likely N-dealkylation sites (tertiary alicyclic amines) is 1. The summed E-state index contributed by atoms with van der Waals surface area (Å²) in [7, 11) is 0. The summed E-state index contributed by atoms with van der Waals surface area (Å²) >= 11 is 0. The molecule has 126 valence electrons. The smallest absolute Gasteiger partial charge is 0.239 e. The second-order valence-electron chi connectivity index (χ2n) is 6.13. The summed E-state index contributed by atoms with van der Waals surface area (Å²) in [5.74, 6) is 1.41. The number of carbonyl (C=O) groups excluding carboxylic acids is 1. The van der Waals surface area contributed by atoms with Crippen molar-refractivity contribution in [1.29, 1.82) is 0 Å². The Balaban J connectivity index is 0.00000200. The molecule has 2 unspecified atom stereocenters. The van der Waals surface area contributed by atoms with Gasteiger partial charge >= 0.3 is 0 Å². The fourth-order valence-corrected chi connectivity index (χ4v) is 2.86. The van der Waals surface area contributed by atoms with Crippen LogP contribution in [-0.4, -0.2) is 62.8 Å². The first kappa shape index (κ1) is 20.9. The Morgan fingerprint density at radius 3 is 2.81 bits per heavy atom. The molecule has 0 radical (unpaired) electrons. The highest BCUT2D eigenvalue weighted by molar-refractivity contribution is 5.85. The van der Waals surface area contributed by atoms with E-state index in [1.54, 1.807) is 0 Å². The number of amides is 1. The molecule has 0 aromatic rings. The van der Waals surface area contributed by atoms with E-state index in [-0.39, 0.29) is 36.8 Å². The Bertz CT molecular complexity index is 300. The molecule has 1 amide bonds. The van der Waals surface area contributed by atoms with Crippen molar-refractivity contribution in [2.45, 2.75) is 26.3 Å². The molecule has 2 aliphatic rings. The lowest BCUT2D eigenvalue weighted by Gasteiger charge is -2.23. The molecule has 2 rings (SSSR count). The van der Waals surface area contributed by atoms with Gasteiger partial charge in [-0.25, -0.2) is 0 Å². The summed E-state index contributed by atoms with van der Waals surface area (Å²) in [5, 5.41) is 6.24. The van der Waals surface area contributed by atoms with Crippen LogP contribution in [0.2, 0.25) is 0 Å². The van der Waals surface area contributed by atoms with Crippen molar-refractivity contribution in [2.24, 2.45) is 11.8 Å². The lowest BCUT2D eigenvalue weighted by atomic mass is 10.1. The second-order valence-corrected chi connectivity index (χ2v) is 6.13. The third kappa shape index (κ3) is 7.15. The van der Waals surface area contributed by atoms with Crippen molar-refractivity contribution in [2.75, 3.05) is 45.9 Å². The Hall–Kier alpha value is -0.0700. The minimum atomic E-state index is -0.165. The van der Waals surface area contributed by atoms with Gasteiger partial charge in [-0.1, -0.05) is 13.8 Å². The van der Waals surface area contributed by atoms with E-state index in [9.17, 15) is 4.79 Å². The molecule has 0 bridgehead atoms. The number of hydrogen-bond acceptors (Lipinski definition) is 4. The number of ether oxygens (including phenoxy) is 1. The molecule has 21 heavy (non-hydrogen) atoms. The molecule has 2 aliphatic heterocycles. The molecule has 7 heteroatoms. The van der Waals surface area contributed by atoms with Crippen molar-refractivity contribution < 1.29 is 9.53 Å². The van der Waals surface area contributed by atoms with Gasteiger partial charge in [-0.15, -0.1) is 24.8 Å². The number of carbonyl (C=O) groups is 1. The Kier molecular flexibility index (Phi) is 10.6. The third-order valence-corrected chi connectivity index (χ3v) is 3.80. The standard InChI is InChI=1S/C14H27N3O2.2ClH/c1-11(2)8-17-5-3-12(9-17)7-16-14(18)13-10-19-6-4-15-13;;/h11-13,15H,3-10H2,1-2H3,(H,16,18);2*1H. The topological polar surface area (TPSA) is 53.6 Å². The van der Waals surface area contributed by atoms with Crippen molar-refractivity contribution in [3.63, 3.8) is 0 Å². The Morgan fingerprint density at radius 2 is 2.19 bits per heavy atom. The predicted molar refractivity (Wildman–Crippen MR) is 89.5 cm³/mol. The maximum atomic E-state index is 11.9. The van der Waals surface area contributed by atoms with E-state index in [1.165, 1.54) is 19.5 Å². The van der Waals surface area contributed by atoms with Gasteiger partial charge in [-0.3, -0.25) is 4.79 Å². The molecule has 2 atom stereocenters. The molecule has 0 aromatic carbocycles. The third-order valence-electron chi connectivity index (χ3n) is 3.80. The first-order valence-corrected chi connectivity index (χ1v) is 7.46.